The molecule has 2 N–H and O–H groups in total. The van der Waals surface area contributed by atoms with Crippen molar-refractivity contribution in [2.75, 3.05) is 5.32 Å². The fourth-order valence-corrected chi connectivity index (χ4v) is 2.39. The van der Waals surface area contributed by atoms with Crippen LogP contribution in [0.3, 0.4) is 0 Å². The third kappa shape index (κ3) is 5.36. The molecule has 3 nitrogen and oxygen atoms in total. The summed E-state index contributed by atoms with van der Waals surface area (Å²) in [7, 11) is 0. The first-order chi connectivity index (χ1) is 11.0. The Kier molecular flexibility index (Phi) is 6.16. The number of thiocarbonyl (C=S) groups is 1. The van der Waals surface area contributed by atoms with Crippen LogP contribution in [-0.2, 0) is 4.79 Å². The standard InChI is InChI=1S/C17H14Cl2N2OS/c1-11-6-8-13(18)10-15(11)20-17(23)21-16(22)9-7-12-4-2-3-5-14(12)19/h2-10H,1H3,(H2,20,21,22,23). The molecule has 2 aromatic rings. The lowest BCUT2D eigenvalue weighted by Crippen LogP contribution is -2.33. The molecule has 0 radical (unpaired) electrons. The fourth-order valence-electron chi connectivity index (χ4n) is 1.81. The number of benzene rings is 2. The molecule has 2 aromatic carbocycles. The van der Waals surface area contributed by atoms with E-state index in [4.69, 9.17) is 35.4 Å². The number of aryl methyl sites for hydroxylation is 1. The Morgan fingerprint density at radius 2 is 1.91 bits per heavy atom. The van der Waals surface area contributed by atoms with Gasteiger partial charge in [-0.1, -0.05) is 47.5 Å². The van der Waals surface area contributed by atoms with Crippen molar-refractivity contribution >= 4 is 58.2 Å². The zero-order valence-corrected chi connectivity index (χ0v) is 14.6. The summed E-state index contributed by atoms with van der Waals surface area (Å²) in [5.41, 5.74) is 2.48. The van der Waals surface area contributed by atoms with Gasteiger partial charge in [-0.2, -0.15) is 0 Å². The predicted molar refractivity (Wildman–Crippen MR) is 101 cm³/mol. The van der Waals surface area contributed by atoms with Crippen molar-refractivity contribution in [3.63, 3.8) is 0 Å². The summed E-state index contributed by atoms with van der Waals surface area (Å²) >= 11 is 17.1. The van der Waals surface area contributed by atoms with Gasteiger partial charge >= 0.3 is 0 Å². The Labute approximate surface area is 150 Å². The smallest absolute Gasteiger partial charge is 0.250 e. The summed E-state index contributed by atoms with van der Waals surface area (Å²) < 4.78 is 0. The van der Waals surface area contributed by atoms with E-state index in [1.165, 1.54) is 6.08 Å². The topological polar surface area (TPSA) is 41.1 Å². The Balaban J connectivity index is 1.96. The number of nitrogens with one attached hydrogen (secondary N) is 2. The van der Waals surface area contributed by atoms with Crippen LogP contribution >= 0.6 is 35.4 Å². The van der Waals surface area contributed by atoms with Crippen LogP contribution in [0.1, 0.15) is 11.1 Å². The summed E-state index contributed by atoms with van der Waals surface area (Å²) in [6.07, 6.45) is 3.00. The number of hydrogen-bond donors (Lipinski definition) is 2. The third-order valence-corrected chi connectivity index (χ3v) is 3.79. The number of carbonyl (C=O) groups excluding carboxylic acids is 1. The third-order valence-electron chi connectivity index (χ3n) is 3.00. The van der Waals surface area contributed by atoms with Crippen LogP contribution in [0.2, 0.25) is 10.0 Å². The van der Waals surface area contributed by atoms with Gasteiger partial charge in [0.15, 0.2) is 5.11 Å². The molecule has 0 saturated carbocycles. The number of hydrogen-bond acceptors (Lipinski definition) is 2. The van der Waals surface area contributed by atoms with Gasteiger partial charge in [0.2, 0.25) is 5.91 Å². The van der Waals surface area contributed by atoms with Crippen molar-refractivity contribution < 1.29 is 4.79 Å². The lowest BCUT2D eigenvalue weighted by Gasteiger charge is -2.11. The number of rotatable bonds is 3. The first-order valence-corrected chi connectivity index (χ1v) is 7.93. The highest BCUT2D eigenvalue weighted by Crippen LogP contribution is 2.20. The highest BCUT2D eigenvalue weighted by atomic mass is 35.5. The van der Waals surface area contributed by atoms with Gasteiger partial charge in [-0.05, 0) is 54.5 Å². The van der Waals surface area contributed by atoms with Gasteiger partial charge in [-0.15, -0.1) is 0 Å². The Bertz CT molecular complexity index is 775. The van der Waals surface area contributed by atoms with E-state index in [0.717, 1.165) is 16.8 Å². The molecule has 6 heteroatoms. The van der Waals surface area contributed by atoms with Gasteiger partial charge in [0.1, 0.15) is 0 Å². The van der Waals surface area contributed by atoms with Crippen LogP contribution in [0.25, 0.3) is 6.08 Å². The molecule has 0 fully saturated rings. The summed E-state index contributed by atoms with van der Waals surface area (Å²) in [5.74, 6) is -0.345. The van der Waals surface area contributed by atoms with Crippen molar-refractivity contribution in [1.82, 2.24) is 5.32 Å². The Morgan fingerprint density at radius 3 is 2.65 bits per heavy atom. The van der Waals surface area contributed by atoms with Crippen molar-refractivity contribution in [3.05, 3.63) is 69.7 Å². The highest BCUT2D eigenvalue weighted by Gasteiger charge is 2.05. The quantitative estimate of drug-likeness (QED) is 0.605. The molecule has 0 unspecified atom stereocenters. The van der Waals surface area contributed by atoms with Crippen molar-refractivity contribution in [2.45, 2.75) is 6.92 Å². The van der Waals surface area contributed by atoms with Crippen molar-refractivity contribution in [3.8, 4) is 0 Å². The van der Waals surface area contributed by atoms with E-state index in [9.17, 15) is 4.79 Å². The molecule has 2 rings (SSSR count). The van der Waals surface area contributed by atoms with Crippen molar-refractivity contribution in [1.29, 1.82) is 0 Å². The second-order valence-electron chi connectivity index (χ2n) is 4.76. The summed E-state index contributed by atoms with van der Waals surface area (Å²) in [5, 5.41) is 6.88. The minimum absolute atomic E-state index is 0.198. The summed E-state index contributed by atoms with van der Waals surface area (Å²) in [6.45, 7) is 1.92. The molecule has 0 bridgehead atoms. The number of anilines is 1. The van der Waals surface area contributed by atoms with Gasteiger partial charge < -0.3 is 5.32 Å². The normalized spacial score (nSPS) is 10.6. The predicted octanol–water partition coefficient (Wildman–Crippen LogP) is 4.83. The van der Waals surface area contributed by atoms with Crippen LogP contribution < -0.4 is 10.6 Å². The number of carbonyl (C=O) groups is 1. The maximum atomic E-state index is 11.9. The van der Waals surface area contributed by atoms with Crippen molar-refractivity contribution in [2.24, 2.45) is 0 Å². The van der Waals surface area contributed by atoms with Crippen LogP contribution in [-0.4, -0.2) is 11.0 Å². The van der Waals surface area contributed by atoms with E-state index >= 15 is 0 Å². The zero-order valence-electron chi connectivity index (χ0n) is 12.3. The Hall–Kier alpha value is -1.88. The van der Waals surface area contributed by atoms with E-state index in [2.05, 4.69) is 10.6 Å². The van der Waals surface area contributed by atoms with Gasteiger partial charge in [0, 0.05) is 21.8 Å². The molecule has 0 aliphatic rings. The molecule has 0 heterocycles. The maximum Gasteiger partial charge on any atom is 0.250 e. The number of halogens is 2. The molecule has 0 spiro atoms. The molecule has 0 aliphatic heterocycles. The van der Waals surface area contributed by atoms with Gasteiger partial charge in [0.25, 0.3) is 0 Å². The van der Waals surface area contributed by atoms with Gasteiger partial charge in [0.05, 0.1) is 0 Å². The molecule has 1 amide bonds. The monoisotopic (exact) mass is 364 g/mol. The van der Waals surface area contributed by atoms with E-state index in [0.29, 0.717) is 10.0 Å². The Morgan fingerprint density at radius 1 is 1.17 bits per heavy atom. The first-order valence-electron chi connectivity index (χ1n) is 6.76. The maximum absolute atomic E-state index is 11.9. The molecule has 118 valence electrons. The van der Waals surface area contributed by atoms with E-state index in [-0.39, 0.29) is 11.0 Å². The van der Waals surface area contributed by atoms with Crippen LogP contribution in [0.5, 0.6) is 0 Å². The second kappa shape index (κ2) is 8.11. The first kappa shape index (κ1) is 17.5. The summed E-state index contributed by atoms with van der Waals surface area (Å²) in [4.78, 5) is 11.9. The van der Waals surface area contributed by atoms with Crippen LogP contribution in [0, 0.1) is 6.92 Å². The second-order valence-corrected chi connectivity index (χ2v) is 6.01. The largest absolute Gasteiger partial charge is 0.332 e. The molecule has 0 aromatic heterocycles. The fraction of sp³-hybridized carbons (Fsp3) is 0.0588. The SMILES string of the molecule is Cc1ccc(Cl)cc1NC(=S)NC(=O)C=Cc1ccccc1Cl. The summed E-state index contributed by atoms with van der Waals surface area (Å²) in [6, 6.07) is 12.6. The molecular formula is C17H14Cl2N2OS. The molecular weight excluding hydrogens is 351 g/mol. The minimum Gasteiger partial charge on any atom is -0.332 e. The zero-order chi connectivity index (χ0) is 16.8. The highest BCUT2D eigenvalue weighted by molar-refractivity contribution is 7.80. The van der Waals surface area contributed by atoms with E-state index < -0.39 is 0 Å². The lowest BCUT2D eigenvalue weighted by molar-refractivity contribution is -0.115. The van der Waals surface area contributed by atoms with Crippen LogP contribution in [0.4, 0.5) is 5.69 Å². The van der Waals surface area contributed by atoms with E-state index in [1.807, 2.05) is 31.2 Å². The van der Waals surface area contributed by atoms with Crippen LogP contribution in [0.15, 0.2) is 48.5 Å². The molecule has 23 heavy (non-hydrogen) atoms. The lowest BCUT2D eigenvalue weighted by atomic mass is 10.2. The average Bonchev–Trinajstić information content (AvgIpc) is 2.50. The van der Waals surface area contributed by atoms with Gasteiger partial charge in [-0.25, -0.2) is 0 Å². The van der Waals surface area contributed by atoms with Gasteiger partial charge in [-0.3, -0.25) is 10.1 Å². The van der Waals surface area contributed by atoms with E-state index in [1.54, 1.807) is 24.3 Å². The minimum atomic E-state index is -0.345. The molecule has 0 aliphatic carbocycles. The molecule has 0 atom stereocenters. The molecule has 0 saturated heterocycles. The average molecular weight is 365 g/mol. The number of amides is 1.